The molecule has 0 N–H and O–H groups in total. The first kappa shape index (κ1) is 14.7. The Labute approximate surface area is 104 Å². The molecule has 1 atom stereocenters. The maximum atomic E-state index is 11.9. The molecule has 1 aromatic rings. The van der Waals surface area contributed by atoms with Crippen molar-refractivity contribution >= 4 is 5.78 Å². The third kappa shape index (κ3) is 5.31. The summed E-state index contributed by atoms with van der Waals surface area (Å²) in [5.74, 6) is -0.424. The topological polar surface area (TPSA) is 26.3 Å². The van der Waals surface area contributed by atoms with Gasteiger partial charge in [0.15, 0.2) is 5.78 Å². The first-order valence-electron chi connectivity index (χ1n) is 5.64. The molecule has 2 nitrogen and oxygen atoms in total. The number of hydrogen-bond acceptors (Lipinski definition) is 2. The zero-order chi connectivity index (χ0) is 13.6. The number of alkyl halides is 3. The summed E-state index contributed by atoms with van der Waals surface area (Å²) in [7, 11) is 0. The molecule has 0 bridgehead atoms. The van der Waals surface area contributed by atoms with Crippen molar-refractivity contribution in [3.05, 3.63) is 35.9 Å². The number of carbonyl (C=O) groups excluding carboxylic acids is 1. The van der Waals surface area contributed by atoms with Crippen LogP contribution in [0.1, 0.15) is 23.7 Å². The number of benzene rings is 1. The highest BCUT2D eigenvalue weighted by atomic mass is 19.4. The fourth-order valence-corrected chi connectivity index (χ4v) is 1.47. The average molecular weight is 260 g/mol. The summed E-state index contributed by atoms with van der Waals surface area (Å²) in [4.78, 5) is 11.9. The predicted molar refractivity (Wildman–Crippen MR) is 61.4 cm³/mol. The Kier molecular flexibility index (Phi) is 5.34. The Morgan fingerprint density at radius 3 is 2.44 bits per heavy atom. The molecule has 0 saturated heterocycles. The average Bonchev–Trinajstić information content (AvgIpc) is 2.33. The van der Waals surface area contributed by atoms with Crippen LogP contribution < -0.4 is 0 Å². The van der Waals surface area contributed by atoms with Gasteiger partial charge in [0.2, 0.25) is 0 Å². The molecule has 5 heteroatoms. The van der Waals surface area contributed by atoms with E-state index in [9.17, 15) is 18.0 Å². The van der Waals surface area contributed by atoms with E-state index in [2.05, 4.69) is 4.74 Å². The summed E-state index contributed by atoms with van der Waals surface area (Å²) < 4.78 is 39.9. The Bertz CT molecular complexity index is 374. The molecule has 0 aliphatic heterocycles. The van der Waals surface area contributed by atoms with Gasteiger partial charge in [-0.15, -0.1) is 0 Å². The maximum Gasteiger partial charge on any atom is 0.411 e. The number of rotatable bonds is 6. The standard InChI is InChI=1S/C13H15F3O2/c1-10(7-8-18-9-13(14,15)16)12(17)11-5-3-2-4-6-11/h2-6,10H,7-9H2,1H3. The number of ether oxygens (including phenoxy) is 1. The van der Waals surface area contributed by atoms with Crippen LogP contribution in [0.15, 0.2) is 30.3 Å². The largest absolute Gasteiger partial charge is 0.411 e. The van der Waals surface area contributed by atoms with Crippen LogP contribution in [-0.4, -0.2) is 25.2 Å². The van der Waals surface area contributed by atoms with E-state index in [4.69, 9.17) is 0 Å². The van der Waals surface area contributed by atoms with Crippen LogP contribution in [0.4, 0.5) is 13.2 Å². The highest BCUT2D eigenvalue weighted by Crippen LogP contribution is 2.16. The molecule has 0 spiro atoms. The molecule has 0 radical (unpaired) electrons. The Morgan fingerprint density at radius 1 is 1.28 bits per heavy atom. The molecule has 0 aromatic heterocycles. The Balaban J connectivity index is 2.33. The summed E-state index contributed by atoms with van der Waals surface area (Å²) in [5.41, 5.74) is 0.570. The number of carbonyl (C=O) groups is 1. The van der Waals surface area contributed by atoms with E-state index in [1.807, 2.05) is 0 Å². The van der Waals surface area contributed by atoms with Gasteiger partial charge in [0.05, 0.1) is 0 Å². The lowest BCUT2D eigenvalue weighted by molar-refractivity contribution is -0.174. The zero-order valence-corrected chi connectivity index (χ0v) is 10.0. The zero-order valence-electron chi connectivity index (χ0n) is 10.0. The van der Waals surface area contributed by atoms with Crippen molar-refractivity contribution < 1.29 is 22.7 Å². The summed E-state index contributed by atoms with van der Waals surface area (Å²) in [6, 6.07) is 8.68. The SMILES string of the molecule is CC(CCOCC(F)(F)F)C(=O)c1ccccc1. The molecule has 18 heavy (non-hydrogen) atoms. The molecular weight excluding hydrogens is 245 g/mol. The summed E-state index contributed by atoms with van der Waals surface area (Å²) in [5, 5.41) is 0. The van der Waals surface area contributed by atoms with Gasteiger partial charge in [-0.1, -0.05) is 37.3 Å². The molecule has 0 saturated carbocycles. The molecule has 0 heterocycles. The van der Waals surface area contributed by atoms with Crippen molar-refractivity contribution in [2.75, 3.05) is 13.2 Å². The Morgan fingerprint density at radius 2 is 1.89 bits per heavy atom. The van der Waals surface area contributed by atoms with Gasteiger partial charge in [0.1, 0.15) is 6.61 Å². The number of Topliss-reactive ketones (excluding diaryl/α,β-unsaturated/α-hetero) is 1. The van der Waals surface area contributed by atoms with Crippen molar-refractivity contribution in [2.24, 2.45) is 5.92 Å². The third-order valence-electron chi connectivity index (χ3n) is 2.47. The van der Waals surface area contributed by atoms with Crippen LogP contribution in [0.25, 0.3) is 0 Å². The predicted octanol–water partition coefficient (Wildman–Crippen LogP) is 3.47. The second-order valence-corrected chi connectivity index (χ2v) is 4.09. The lowest BCUT2D eigenvalue weighted by atomic mass is 9.97. The highest BCUT2D eigenvalue weighted by Gasteiger charge is 2.27. The first-order chi connectivity index (χ1) is 8.40. The molecule has 0 aliphatic rings. The van der Waals surface area contributed by atoms with E-state index in [0.717, 1.165) is 0 Å². The van der Waals surface area contributed by atoms with Crippen molar-refractivity contribution in [3.63, 3.8) is 0 Å². The lowest BCUT2D eigenvalue weighted by Crippen LogP contribution is -2.19. The fraction of sp³-hybridized carbons (Fsp3) is 0.462. The third-order valence-corrected chi connectivity index (χ3v) is 2.47. The van der Waals surface area contributed by atoms with E-state index in [-0.39, 0.29) is 24.7 Å². The molecule has 1 rings (SSSR count). The molecule has 0 amide bonds. The normalized spacial score (nSPS) is 13.3. The minimum absolute atomic E-state index is 0.0702. The van der Waals surface area contributed by atoms with Gasteiger partial charge in [-0.3, -0.25) is 4.79 Å². The van der Waals surface area contributed by atoms with Crippen molar-refractivity contribution in [1.29, 1.82) is 0 Å². The molecular formula is C13H15F3O2. The molecule has 0 aliphatic carbocycles. The Hall–Kier alpha value is -1.36. The number of halogens is 3. The number of ketones is 1. The van der Waals surface area contributed by atoms with E-state index in [1.165, 1.54) is 0 Å². The van der Waals surface area contributed by atoms with E-state index in [1.54, 1.807) is 37.3 Å². The second-order valence-electron chi connectivity index (χ2n) is 4.09. The van der Waals surface area contributed by atoms with Crippen molar-refractivity contribution in [1.82, 2.24) is 0 Å². The smallest absolute Gasteiger partial charge is 0.372 e. The van der Waals surface area contributed by atoms with Crippen molar-refractivity contribution in [3.8, 4) is 0 Å². The highest BCUT2D eigenvalue weighted by molar-refractivity contribution is 5.97. The quantitative estimate of drug-likeness (QED) is 0.578. The van der Waals surface area contributed by atoms with Crippen LogP contribution in [0, 0.1) is 5.92 Å². The fourth-order valence-electron chi connectivity index (χ4n) is 1.47. The monoisotopic (exact) mass is 260 g/mol. The van der Waals surface area contributed by atoms with Gasteiger partial charge in [0.25, 0.3) is 0 Å². The molecule has 0 fully saturated rings. The molecule has 100 valence electrons. The van der Waals surface area contributed by atoms with E-state index in [0.29, 0.717) is 5.56 Å². The van der Waals surface area contributed by atoms with Gasteiger partial charge >= 0.3 is 6.18 Å². The second kappa shape index (κ2) is 6.54. The van der Waals surface area contributed by atoms with Crippen molar-refractivity contribution in [2.45, 2.75) is 19.5 Å². The van der Waals surface area contributed by atoms with Crippen LogP contribution in [0.3, 0.4) is 0 Å². The number of hydrogen-bond donors (Lipinski definition) is 0. The van der Waals surface area contributed by atoms with Crippen LogP contribution in [-0.2, 0) is 4.74 Å². The minimum Gasteiger partial charge on any atom is -0.372 e. The van der Waals surface area contributed by atoms with Gasteiger partial charge in [-0.05, 0) is 6.42 Å². The van der Waals surface area contributed by atoms with E-state index < -0.39 is 12.8 Å². The summed E-state index contributed by atoms with van der Waals surface area (Å²) >= 11 is 0. The first-order valence-corrected chi connectivity index (χ1v) is 5.64. The van der Waals surface area contributed by atoms with Crippen LogP contribution >= 0.6 is 0 Å². The van der Waals surface area contributed by atoms with E-state index >= 15 is 0 Å². The van der Waals surface area contributed by atoms with Gasteiger partial charge in [-0.2, -0.15) is 13.2 Å². The van der Waals surface area contributed by atoms with Crippen LogP contribution in [0.5, 0.6) is 0 Å². The summed E-state index contributed by atoms with van der Waals surface area (Å²) in [6.07, 6.45) is -4.03. The van der Waals surface area contributed by atoms with Gasteiger partial charge in [0, 0.05) is 18.1 Å². The van der Waals surface area contributed by atoms with Gasteiger partial charge in [-0.25, -0.2) is 0 Å². The van der Waals surface area contributed by atoms with Crippen LogP contribution in [0.2, 0.25) is 0 Å². The molecule has 1 aromatic carbocycles. The maximum absolute atomic E-state index is 11.9. The minimum atomic E-state index is -4.31. The van der Waals surface area contributed by atoms with Gasteiger partial charge < -0.3 is 4.74 Å². The molecule has 1 unspecified atom stereocenters. The summed E-state index contributed by atoms with van der Waals surface area (Å²) in [6.45, 7) is 0.352. The lowest BCUT2D eigenvalue weighted by Gasteiger charge is -2.11.